The number of phenolic OH excluding ortho intramolecular Hbond substituents is 1. The van der Waals surface area contributed by atoms with Gasteiger partial charge in [-0.2, -0.15) is 5.10 Å². The molecule has 6 nitrogen and oxygen atoms in total. The van der Waals surface area contributed by atoms with Gasteiger partial charge in [0.15, 0.2) is 11.5 Å². The molecule has 132 valence electrons. The molecule has 0 radical (unpaired) electrons. The van der Waals surface area contributed by atoms with Crippen molar-refractivity contribution in [3.63, 3.8) is 0 Å². The minimum Gasteiger partial charge on any atom is -0.504 e. The summed E-state index contributed by atoms with van der Waals surface area (Å²) in [6.07, 6.45) is 2.90. The van der Waals surface area contributed by atoms with Gasteiger partial charge in [0.1, 0.15) is 9.88 Å². The van der Waals surface area contributed by atoms with Crippen LogP contribution in [0.15, 0.2) is 53.8 Å². The Bertz CT molecular complexity index is 972. The third-order valence-electron chi connectivity index (χ3n) is 3.42. The summed E-state index contributed by atoms with van der Waals surface area (Å²) in [5.41, 5.74) is 3.82. The van der Waals surface area contributed by atoms with Crippen LogP contribution in [-0.4, -0.2) is 29.3 Å². The number of halogens is 1. The van der Waals surface area contributed by atoms with Crippen LogP contribution in [0.4, 0.5) is 0 Å². The van der Waals surface area contributed by atoms with E-state index < -0.39 is 0 Å². The molecule has 0 spiro atoms. The number of nitrogens with zero attached hydrogens (tertiary/aromatic N) is 2. The molecule has 1 amide bonds. The molecule has 2 N–H and O–H groups in total. The topological polar surface area (TPSA) is 83.8 Å². The normalized spacial score (nSPS) is 10.8. The first-order chi connectivity index (χ1) is 12.6. The standard InChI is InChI=1S/C18H14ClN3O3S/c1-25-15-7-6-11(8-14(15)23)9-21-22-17(24)16-10-20-18(26-16)12-4-2-3-5-13(12)19/h2-10,23H,1H3,(H,22,24)/b21-9+. The molecule has 3 aromatic rings. The lowest BCUT2D eigenvalue weighted by atomic mass is 10.2. The van der Waals surface area contributed by atoms with Gasteiger partial charge in [-0.05, 0) is 29.8 Å². The minimum atomic E-state index is -0.380. The van der Waals surface area contributed by atoms with Crippen molar-refractivity contribution in [3.05, 3.63) is 64.1 Å². The maximum atomic E-state index is 12.2. The number of aromatic hydroxyl groups is 1. The van der Waals surface area contributed by atoms with Gasteiger partial charge in [-0.1, -0.05) is 29.8 Å². The van der Waals surface area contributed by atoms with Crippen molar-refractivity contribution >= 4 is 35.1 Å². The first-order valence-corrected chi connectivity index (χ1v) is 8.69. The summed E-state index contributed by atoms with van der Waals surface area (Å²) in [5.74, 6) is -0.0210. The van der Waals surface area contributed by atoms with Gasteiger partial charge in [0.25, 0.3) is 5.91 Å². The van der Waals surface area contributed by atoms with E-state index in [9.17, 15) is 9.90 Å². The maximum Gasteiger partial charge on any atom is 0.283 e. The number of nitrogens with one attached hydrogen (secondary N) is 1. The molecule has 0 unspecified atom stereocenters. The molecule has 0 saturated carbocycles. The van der Waals surface area contributed by atoms with E-state index in [1.54, 1.807) is 18.2 Å². The number of benzene rings is 2. The number of aromatic nitrogens is 1. The number of hydrogen-bond acceptors (Lipinski definition) is 6. The van der Waals surface area contributed by atoms with Crippen LogP contribution in [-0.2, 0) is 0 Å². The van der Waals surface area contributed by atoms with Gasteiger partial charge in [-0.25, -0.2) is 10.4 Å². The zero-order chi connectivity index (χ0) is 18.5. The lowest BCUT2D eigenvalue weighted by molar-refractivity contribution is 0.0959. The summed E-state index contributed by atoms with van der Waals surface area (Å²) < 4.78 is 4.97. The van der Waals surface area contributed by atoms with Crippen LogP contribution in [0, 0.1) is 0 Å². The molecule has 0 aliphatic heterocycles. The SMILES string of the molecule is COc1ccc(/C=N/NC(=O)c2cnc(-c3ccccc3Cl)s2)cc1O. The van der Waals surface area contributed by atoms with E-state index in [-0.39, 0.29) is 11.7 Å². The number of ether oxygens (including phenoxy) is 1. The number of carbonyl (C=O) groups excluding carboxylic acids is 1. The summed E-state index contributed by atoms with van der Waals surface area (Å²) in [6, 6.07) is 12.1. The maximum absolute atomic E-state index is 12.2. The van der Waals surface area contributed by atoms with Gasteiger partial charge < -0.3 is 9.84 Å². The van der Waals surface area contributed by atoms with E-state index in [2.05, 4.69) is 15.5 Å². The molecule has 1 aromatic heterocycles. The molecule has 0 aliphatic rings. The monoisotopic (exact) mass is 387 g/mol. The molecule has 8 heteroatoms. The molecule has 2 aromatic carbocycles. The highest BCUT2D eigenvalue weighted by Gasteiger charge is 2.12. The Hall–Kier alpha value is -2.90. The Morgan fingerprint density at radius 3 is 2.88 bits per heavy atom. The first-order valence-electron chi connectivity index (χ1n) is 7.49. The zero-order valence-corrected chi connectivity index (χ0v) is 15.2. The number of phenols is 1. The third-order valence-corrected chi connectivity index (χ3v) is 4.78. The third kappa shape index (κ3) is 4.01. The van der Waals surface area contributed by atoms with Crippen molar-refractivity contribution in [1.82, 2.24) is 10.4 Å². The predicted octanol–water partition coefficient (Wildman–Crippen LogP) is 3.94. The van der Waals surface area contributed by atoms with Crippen LogP contribution in [0.2, 0.25) is 5.02 Å². The second kappa shape index (κ2) is 7.99. The van der Waals surface area contributed by atoms with Gasteiger partial charge in [-0.3, -0.25) is 4.79 Å². The van der Waals surface area contributed by atoms with Crippen molar-refractivity contribution < 1.29 is 14.6 Å². The lowest BCUT2D eigenvalue weighted by Gasteiger charge is -2.03. The minimum absolute atomic E-state index is 0.00499. The second-order valence-corrected chi connectivity index (χ2v) is 6.58. The van der Waals surface area contributed by atoms with Crippen molar-refractivity contribution in [2.75, 3.05) is 7.11 Å². The van der Waals surface area contributed by atoms with Crippen molar-refractivity contribution in [3.8, 4) is 22.1 Å². The van der Waals surface area contributed by atoms with Crippen LogP contribution in [0.5, 0.6) is 11.5 Å². The van der Waals surface area contributed by atoms with Gasteiger partial charge in [0.05, 0.1) is 24.5 Å². The molecule has 1 heterocycles. The Kier molecular flexibility index (Phi) is 5.50. The fraction of sp³-hybridized carbons (Fsp3) is 0.0556. The largest absolute Gasteiger partial charge is 0.504 e. The van der Waals surface area contributed by atoms with Crippen LogP contribution < -0.4 is 10.2 Å². The number of hydrazone groups is 1. The van der Waals surface area contributed by atoms with Crippen LogP contribution >= 0.6 is 22.9 Å². The number of amides is 1. The summed E-state index contributed by atoms with van der Waals surface area (Å²) in [4.78, 5) is 16.8. The van der Waals surface area contributed by atoms with Gasteiger partial charge >= 0.3 is 0 Å². The van der Waals surface area contributed by atoms with Crippen molar-refractivity contribution in [2.45, 2.75) is 0 Å². The van der Waals surface area contributed by atoms with Crippen molar-refractivity contribution in [2.24, 2.45) is 5.10 Å². The molecule has 26 heavy (non-hydrogen) atoms. The van der Waals surface area contributed by atoms with E-state index >= 15 is 0 Å². The highest BCUT2D eigenvalue weighted by Crippen LogP contribution is 2.30. The highest BCUT2D eigenvalue weighted by atomic mass is 35.5. The summed E-state index contributed by atoms with van der Waals surface area (Å²) >= 11 is 7.37. The quantitative estimate of drug-likeness (QED) is 0.513. The molecule has 0 fully saturated rings. The second-order valence-electron chi connectivity index (χ2n) is 5.14. The fourth-order valence-corrected chi connectivity index (χ4v) is 3.27. The van der Waals surface area contributed by atoms with E-state index in [0.29, 0.717) is 26.2 Å². The van der Waals surface area contributed by atoms with Gasteiger partial charge in [0, 0.05) is 5.56 Å². The Labute approximate surface area is 158 Å². The van der Waals surface area contributed by atoms with Gasteiger partial charge in [-0.15, -0.1) is 11.3 Å². The van der Waals surface area contributed by atoms with Crippen LogP contribution in [0.1, 0.15) is 15.2 Å². The van der Waals surface area contributed by atoms with Gasteiger partial charge in [0.2, 0.25) is 0 Å². The van der Waals surface area contributed by atoms with Crippen LogP contribution in [0.25, 0.3) is 10.6 Å². The zero-order valence-electron chi connectivity index (χ0n) is 13.6. The molecular formula is C18H14ClN3O3S. The highest BCUT2D eigenvalue weighted by molar-refractivity contribution is 7.17. The number of thiazole rings is 1. The average molecular weight is 388 g/mol. The van der Waals surface area contributed by atoms with Crippen LogP contribution in [0.3, 0.4) is 0 Å². The van der Waals surface area contributed by atoms with E-state index in [1.165, 1.54) is 36.9 Å². The molecule has 0 atom stereocenters. The molecule has 0 saturated heterocycles. The molecular weight excluding hydrogens is 374 g/mol. The number of methoxy groups -OCH3 is 1. The predicted molar refractivity (Wildman–Crippen MR) is 102 cm³/mol. The molecule has 3 rings (SSSR count). The fourth-order valence-electron chi connectivity index (χ4n) is 2.15. The number of rotatable bonds is 5. The molecule has 0 bridgehead atoms. The van der Waals surface area contributed by atoms with E-state index in [4.69, 9.17) is 16.3 Å². The Balaban J connectivity index is 1.67. The van der Waals surface area contributed by atoms with E-state index in [0.717, 1.165) is 5.56 Å². The summed E-state index contributed by atoms with van der Waals surface area (Å²) in [6.45, 7) is 0. The Morgan fingerprint density at radius 1 is 1.35 bits per heavy atom. The Morgan fingerprint density at radius 2 is 2.15 bits per heavy atom. The first kappa shape index (κ1) is 17.9. The summed E-state index contributed by atoms with van der Waals surface area (Å²) in [7, 11) is 1.47. The average Bonchev–Trinajstić information content (AvgIpc) is 3.12. The number of carbonyl (C=O) groups is 1. The summed E-state index contributed by atoms with van der Waals surface area (Å²) in [5, 5.41) is 14.8. The van der Waals surface area contributed by atoms with E-state index in [1.807, 2.05) is 18.2 Å². The van der Waals surface area contributed by atoms with Crippen molar-refractivity contribution in [1.29, 1.82) is 0 Å². The molecule has 0 aliphatic carbocycles. The smallest absolute Gasteiger partial charge is 0.283 e. The number of hydrogen-bond donors (Lipinski definition) is 2. The lowest BCUT2D eigenvalue weighted by Crippen LogP contribution is -2.16.